The van der Waals surface area contributed by atoms with Gasteiger partial charge in [0.1, 0.15) is 11.6 Å². The number of benzene rings is 1. The third kappa shape index (κ3) is 3.87. The van der Waals surface area contributed by atoms with Gasteiger partial charge >= 0.3 is 0 Å². The summed E-state index contributed by atoms with van der Waals surface area (Å²) in [5, 5.41) is 12.8. The highest BCUT2D eigenvalue weighted by Gasteiger charge is 2.16. The van der Waals surface area contributed by atoms with Gasteiger partial charge in [0.15, 0.2) is 0 Å². The lowest BCUT2D eigenvalue weighted by Crippen LogP contribution is -2.38. The van der Waals surface area contributed by atoms with E-state index in [1.165, 1.54) is 6.07 Å². The van der Waals surface area contributed by atoms with Gasteiger partial charge in [-0.1, -0.05) is 6.07 Å². The summed E-state index contributed by atoms with van der Waals surface area (Å²) in [7, 11) is 0. The zero-order valence-electron chi connectivity index (χ0n) is 9.72. The van der Waals surface area contributed by atoms with Crippen molar-refractivity contribution in [3.8, 4) is 0 Å². The van der Waals surface area contributed by atoms with Crippen LogP contribution in [0.5, 0.6) is 0 Å². The van der Waals surface area contributed by atoms with Crippen LogP contribution in [0.25, 0.3) is 0 Å². The van der Waals surface area contributed by atoms with E-state index in [4.69, 9.17) is 0 Å². The van der Waals surface area contributed by atoms with Crippen LogP contribution in [0.3, 0.4) is 0 Å². The predicted octanol–water partition coefficient (Wildman–Crippen LogP) is 2.39. The first kappa shape index (κ1) is 13.1. The van der Waals surface area contributed by atoms with Gasteiger partial charge in [0.25, 0.3) is 0 Å². The zero-order valence-corrected chi connectivity index (χ0v) is 9.72. The minimum Gasteiger partial charge on any atom is -0.387 e. The van der Waals surface area contributed by atoms with Crippen LogP contribution in [0.4, 0.5) is 8.78 Å². The third-order valence-electron chi connectivity index (χ3n) is 2.15. The highest BCUT2D eigenvalue weighted by Crippen LogP contribution is 2.18. The molecule has 0 amide bonds. The lowest BCUT2D eigenvalue weighted by molar-refractivity contribution is 0.159. The molecule has 0 aliphatic rings. The van der Waals surface area contributed by atoms with Crippen LogP contribution in [0, 0.1) is 11.6 Å². The van der Waals surface area contributed by atoms with Crippen molar-refractivity contribution in [2.45, 2.75) is 32.4 Å². The number of hydrogen-bond donors (Lipinski definition) is 2. The molecule has 2 N–H and O–H groups in total. The summed E-state index contributed by atoms with van der Waals surface area (Å²) >= 11 is 0. The molecule has 0 spiro atoms. The largest absolute Gasteiger partial charge is 0.387 e. The first-order valence-corrected chi connectivity index (χ1v) is 5.17. The Morgan fingerprint density at radius 2 is 1.94 bits per heavy atom. The Hall–Kier alpha value is -1.00. The standard InChI is InChI=1S/C12H17F2NO/c1-12(2,3)15-7-11(16)9-5-4-8(13)6-10(9)14/h4-6,11,15-16H,7H2,1-3H3. The van der Waals surface area contributed by atoms with Crippen LogP contribution in [0.1, 0.15) is 32.4 Å². The number of β-amino-alcohol motifs (C(OH)–C–C–N with tert-alkyl or cyclic N) is 1. The second-order valence-corrected chi connectivity index (χ2v) is 4.81. The van der Waals surface area contributed by atoms with Crippen molar-refractivity contribution < 1.29 is 13.9 Å². The number of halogens is 2. The van der Waals surface area contributed by atoms with Gasteiger partial charge in [-0.25, -0.2) is 8.78 Å². The van der Waals surface area contributed by atoms with Crippen LogP contribution < -0.4 is 5.32 Å². The minimum atomic E-state index is -0.972. The number of rotatable bonds is 3. The van der Waals surface area contributed by atoms with E-state index in [0.29, 0.717) is 0 Å². The van der Waals surface area contributed by atoms with Gasteiger partial charge in [0.05, 0.1) is 6.10 Å². The van der Waals surface area contributed by atoms with E-state index in [1.807, 2.05) is 20.8 Å². The lowest BCUT2D eigenvalue weighted by Gasteiger charge is -2.23. The van der Waals surface area contributed by atoms with Crippen molar-refractivity contribution in [3.63, 3.8) is 0 Å². The van der Waals surface area contributed by atoms with Crippen molar-refractivity contribution in [1.82, 2.24) is 5.32 Å². The van der Waals surface area contributed by atoms with E-state index in [2.05, 4.69) is 5.32 Å². The maximum atomic E-state index is 13.3. The SMILES string of the molecule is CC(C)(C)NCC(O)c1ccc(F)cc1F. The molecule has 0 radical (unpaired) electrons. The molecule has 0 heterocycles. The van der Waals surface area contributed by atoms with E-state index >= 15 is 0 Å². The Morgan fingerprint density at radius 1 is 1.31 bits per heavy atom. The fourth-order valence-corrected chi connectivity index (χ4v) is 1.28. The Morgan fingerprint density at radius 3 is 2.44 bits per heavy atom. The summed E-state index contributed by atoms with van der Waals surface area (Å²) in [4.78, 5) is 0. The normalized spacial score (nSPS) is 13.9. The van der Waals surface area contributed by atoms with Crippen LogP contribution in [-0.2, 0) is 0 Å². The second-order valence-electron chi connectivity index (χ2n) is 4.81. The molecule has 1 aromatic rings. The molecule has 90 valence electrons. The van der Waals surface area contributed by atoms with Crippen LogP contribution in [-0.4, -0.2) is 17.2 Å². The summed E-state index contributed by atoms with van der Waals surface area (Å²) in [5.41, 5.74) is -0.0459. The number of aliphatic hydroxyl groups excluding tert-OH is 1. The van der Waals surface area contributed by atoms with Gasteiger partial charge in [0.2, 0.25) is 0 Å². The van der Waals surface area contributed by atoms with Gasteiger partial charge in [-0.3, -0.25) is 0 Å². The zero-order chi connectivity index (χ0) is 12.3. The maximum absolute atomic E-state index is 13.3. The van der Waals surface area contributed by atoms with Gasteiger partial charge in [-0.15, -0.1) is 0 Å². The molecule has 1 aromatic carbocycles. The van der Waals surface area contributed by atoms with Crippen molar-refractivity contribution in [2.24, 2.45) is 0 Å². The molecule has 0 aliphatic carbocycles. The Kier molecular flexibility index (Phi) is 3.99. The summed E-state index contributed by atoms with van der Waals surface area (Å²) in [6.45, 7) is 6.06. The minimum absolute atomic E-state index is 0.109. The molecule has 16 heavy (non-hydrogen) atoms. The number of aliphatic hydroxyl groups is 1. The highest BCUT2D eigenvalue weighted by molar-refractivity contribution is 5.21. The molecule has 2 nitrogen and oxygen atoms in total. The number of nitrogens with one attached hydrogen (secondary N) is 1. The summed E-state index contributed by atoms with van der Waals surface area (Å²) in [6.07, 6.45) is -0.972. The smallest absolute Gasteiger partial charge is 0.131 e. The van der Waals surface area contributed by atoms with Gasteiger partial charge in [0, 0.05) is 23.7 Å². The fourth-order valence-electron chi connectivity index (χ4n) is 1.28. The second kappa shape index (κ2) is 4.89. The molecular formula is C12H17F2NO. The Bertz CT molecular complexity index is 361. The lowest BCUT2D eigenvalue weighted by atomic mass is 10.1. The molecule has 0 fully saturated rings. The molecular weight excluding hydrogens is 212 g/mol. The van der Waals surface area contributed by atoms with Gasteiger partial charge in [-0.2, -0.15) is 0 Å². The van der Waals surface area contributed by atoms with Crippen LogP contribution in [0.15, 0.2) is 18.2 Å². The van der Waals surface area contributed by atoms with Crippen LogP contribution in [0.2, 0.25) is 0 Å². The Labute approximate surface area is 94.3 Å². The van der Waals surface area contributed by atoms with Crippen LogP contribution >= 0.6 is 0 Å². The van der Waals surface area contributed by atoms with E-state index in [9.17, 15) is 13.9 Å². The maximum Gasteiger partial charge on any atom is 0.131 e. The Balaban J connectivity index is 2.70. The molecule has 0 aliphatic heterocycles. The molecule has 1 unspecified atom stereocenters. The molecule has 1 atom stereocenters. The summed E-state index contributed by atoms with van der Waals surface area (Å²) < 4.78 is 25.9. The summed E-state index contributed by atoms with van der Waals surface area (Å²) in [5.74, 6) is -1.36. The average molecular weight is 229 g/mol. The highest BCUT2D eigenvalue weighted by atomic mass is 19.1. The number of hydrogen-bond acceptors (Lipinski definition) is 2. The molecule has 0 saturated heterocycles. The van der Waals surface area contributed by atoms with Crippen molar-refractivity contribution in [1.29, 1.82) is 0 Å². The molecule has 0 saturated carbocycles. The molecule has 1 rings (SSSR count). The van der Waals surface area contributed by atoms with Gasteiger partial charge < -0.3 is 10.4 Å². The topological polar surface area (TPSA) is 32.3 Å². The molecule has 0 aromatic heterocycles. The van der Waals surface area contributed by atoms with Gasteiger partial charge in [-0.05, 0) is 26.8 Å². The molecule has 0 bridgehead atoms. The first-order valence-electron chi connectivity index (χ1n) is 5.17. The van der Waals surface area contributed by atoms with Crippen molar-refractivity contribution in [2.75, 3.05) is 6.54 Å². The fraction of sp³-hybridized carbons (Fsp3) is 0.500. The average Bonchev–Trinajstić information content (AvgIpc) is 2.13. The van der Waals surface area contributed by atoms with E-state index in [0.717, 1.165) is 12.1 Å². The summed E-state index contributed by atoms with van der Waals surface area (Å²) in [6, 6.07) is 3.17. The van der Waals surface area contributed by atoms with E-state index in [1.54, 1.807) is 0 Å². The predicted molar refractivity (Wildman–Crippen MR) is 59.1 cm³/mol. The van der Waals surface area contributed by atoms with E-state index in [-0.39, 0.29) is 17.6 Å². The quantitative estimate of drug-likeness (QED) is 0.834. The van der Waals surface area contributed by atoms with E-state index < -0.39 is 17.7 Å². The third-order valence-corrected chi connectivity index (χ3v) is 2.15. The van der Waals surface area contributed by atoms with Crippen molar-refractivity contribution >= 4 is 0 Å². The van der Waals surface area contributed by atoms with Crippen molar-refractivity contribution in [3.05, 3.63) is 35.4 Å². The molecule has 4 heteroatoms. The first-order chi connectivity index (χ1) is 7.29. The monoisotopic (exact) mass is 229 g/mol.